The Bertz CT molecular complexity index is 3170. The Balaban J connectivity index is 1.03. The molecule has 0 aliphatic rings. The lowest BCUT2D eigenvalue weighted by molar-refractivity contribution is 0.669. The molecule has 4 nitrogen and oxygen atoms in total. The Morgan fingerprint density at radius 2 is 0.857 bits per heavy atom. The molecular formula is C51H31N3OS. The van der Waals surface area contributed by atoms with Gasteiger partial charge in [-0.3, -0.25) is 0 Å². The van der Waals surface area contributed by atoms with Crippen molar-refractivity contribution in [2.24, 2.45) is 0 Å². The molecule has 11 aromatic rings. The summed E-state index contributed by atoms with van der Waals surface area (Å²) in [5.74, 6) is 1.96. The van der Waals surface area contributed by atoms with Gasteiger partial charge in [0.2, 0.25) is 0 Å². The van der Waals surface area contributed by atoms with Crippen molar-refractivity contribution in [2.75, 3.05) is 0 Å². The van der Waals surface area contributed by atoms with Crippen molar-refractivity contribution in [1.29, 1.82) is 0 Å². The van der Waals surface area contributed by atoms with Gasteiger partial charge in [-0.15, -0.1) is 11.3 Å². The minimum absolute atomic E-state index is 0.653. The maximum Gasteiger partial charge on any atom is 0.164 e. The van der Waals surface area contributed by atoms with E-state index in [0.29, 0.717) is 17.5 Å². The highest BCUT2D eigenvalue weighted by molar-refractivity contribution is 7.25. The first-order valence-corrected chi connectivity index (χ1v) is 19.5. The van der Waals surface area contributed by atoms with Crippen LogP contribution in [-0.4, -0.2) is 15.0 Å². The van der Waals surface area contributed by atoms with Gasteiger partial charge in [-0.1, -0.05) is 152 Å². The van der Waals surface area contributed by atoms with Crippen molar-refractivity contribution < 1.29 is 4.42 Å². The van der Waals surface area contributed by atoms with Gasteiger partial charge >= 0.3 is 0 Å². The Morgan fingerprint density at radius 3 is 1.54 bits per heavy atom. The minimum Gasteiger partial charge on any atom is -0.456 e. The van der Waals surface area contributed by atoms with Gasteiger partial charge in [0.15, 0.2) is 17.5 Å². The number of hydrogen-bond donors (Lipinski definition) is 0. The quantitative estimate of drug-likeness (QED) is 0.171. The molecule has 11 rings (SSSR count). The van der Waals surface area contributed by atoms with Crippen molar-refractivity contribution in [3.05, 3.63) is 188 Å². The van der Waals surface area contributed by atoms with Crippen molar-refractivity contribution in [1.82, 2.24) is 15.0 Å². The zero-order valence-corrected chi connectivity index (χ0v) is 30.9. The average molecular weight is 734 g/mol. The Hall–Kier alpha value is -7.21. The first-order chi connectivity index (χ1) is 27.7. The Labute approximate surface area is 327 Å². The summed E-state index contributed by atoms with van der Waals surface area (Å²) < 4.78 is 8.94. The number of benzene rings is 8. The van der Waals surface area contributed by atoms with Crippen LogP contribution in [-0.2, 0) is 0 Å². The van der Waals surface area contributed by atoms with E-state index in [1.807, 2.05) is 66.7 Å². The normalized spacial score (nSPS) is 11.6. The molecule has 0 aliphatic heterocycles. The van der Waals surface area contributed by atoms with E-state index in [4.69, 9.17) is 19.4 Å². The summed E-state index contributed by atoms with van der Waals surface area (Å²) in [4.78, 5) is 14.9. The standard InChI is InChI=1S/C51H31N3OS/c1-4-12-32(13-5-1)33-20-22-34(23-21-33)39-29-42(48-41-18-10-11-19-44(41)55-45(48)30-39)37-25-27-46-43(28-37)40-26-24-38(31-47(40)56-46)51-53-49(35-14-6-2-7-15-35)52-50(54-51)36-16-8-3-9-17-36/h1-31H. The van der Waals surface area contributed by atoms with Gasteiger partial charge in [-0.05, 0) is 69.8 Å². The van der Waals surface area contributed by atoms with E-state index in [1.54, 1.807) is 11.3 Å². The van der Waals surface area contributed by atoms with E-state index in [2.05, 4.69) is 121 Å². The molecule has 8 aromatic carbocycles. The molecule has 0 amide bonds. The van der Waals surface area contributed by atoms with Crippen molar-refractivity contribution >= 4 is 53.4 Å². The SMILES string of the molecule is c1ccc(-c2ccc(-c3cc(-c4ccc5sc6cc(-c7nc(-c8ccccc8)nc(-c8ccccc8)n7)ccc6c5c4)c4c(c3)oc3ccccc34)cc2)cc1. The number of rotatable bonds is 6. The number of fused-ring (bicyclic) bond motifs is 6. The van der Waals surface area contributed by atoms with Gasteiger partial charge in [-0.25, -0.2) is 15.0 Å². The zero-order valence-electron chi connectivity index (χ0n) is 30.1. The maximum absolute atomic E-state index is 6.53. The van der Waals surface area contributed by atoms with Crippen LogP contribution in [0.1, 0.15) is 0 Å². The lowest BCUT2D eigenvalue weighted by Crippen LogP contribution is -1.99. The third kappa shape index (κ3) is 5.65. The first kappa shape index (κ1) is 32.2. The van der Waals surface area contributed by atoms with Crippen LogP contribution in [0.25, 0.3) is 110 Å². The summed E-state index contributed by atoms with van der Waals surface area (Å²) in [5.41, 5.74) is 11.6. The Kier molecular flexibility index (Phi) is 7.64. The van der Waals surface area contributed by atoms with E-state index in [0.717, 1.165) is 60.9 Å². The highest BCUT2D eigenvalue weighted by Crippen LogP contribution is 2.43. The first-order valence-electron chi connectivity index (χ1n) is 18.7. The molecule has 0 aliphatic carbocycles. The summed E-state index contributed by atoms with van der Waals surface area (Å²) in [6.45, 7) is 0. The van der Waals surface area contributed by atoms with E-state index in [9.17, 15) is 0 Å². The van der Waals surface area contributed by atoms with Crippen LogP contribution < -0.4 is 0 Å². The molecule has 0 saturated heterocycles. The monoisotopic (exact) mass is 733 g/mol. The fourth-order valence-electron chi connectivity index (χ4n) is 7.76. The molecule has 262 valence electrons. The zero-order chi connectivity index (χ0) is 37.0. The number of para-hydroxylation sites is 1. The van der Waals surface area contributed by atoms with Crippen molar-refractivity contribution in [2.45, 2.75) is 0 Å². The molecule has 0 radical (unpaired) electrons. The summed E-state index contributed by atoms with van der Waals surface area (Å²) in [6, 6.07) is 65.8. The third-order valence-corrected chi connectivity index (χ3v) is 11.7. The molecule has 5 heteroatoms. The van der Waals surface area contributed by atoms with E-state index in [-0.39, 0.29) is 0 Å². The average Bonchev–Trinajstić information content (AvgIpc) is 3.84. The van der Waals surface area contributed by atoms with Crippen LogP contribution >= 0.6 is 11.3 Å². The second-order valence-electron chi connectivity index (χ2n) is 14.0. The van der Waals surface area contributed by atoms with Crippen molar-refractivity contribution in [3.8, 4) is 67.5 Å². The largest absolute Gasteiger partial charge is 0.456 e. The second kappa shape index (κ2) is 13.3. The molecule has 0 unspecified atom stereocenters. The molecule has 56 heavy (non-hydrogen) atoms. The van der Waals surface area contributed by atoms with E-state index < -0.39 is 0 Å². The molecule has 0 spiro atoms. The second-order valence-corrected chi connectivity index (χ2v) is 15.1. The number of thiophene rings is 1. The summed E-state index contributed by atoms with van der Waals surface area (Å²) >= 11 is 1.79. The molecule has 0 fully saturated rings. The van der Waals surface area contributed by atoms with Gasteiger partial charge in [0, 0.05) is 47.6 Å². The molecular weight excluding hydrogens is 703 g/mol. The summed E-state index contributed by atoms with van der Waals surface area (Å²) in [5, 5.41) is 4.67. The molecule has 0 saturated carbocycles. The van der Waals surface area contributed by atoms with Crippen molar-refractivity contribution in [3.63, 3.8) is 0 Å². The van der Waals surface area contributed by atoms with Gasteiger partial charge in [0.05, 0.1) is 0 Å². The highest BCUT2D eigenvalue weighted by Gasteiger charge is 2.18. The van der Waals surface area contributed by atoms with Gasteiger partial charge in [-0.2, -0.15) is 0 Å². The maximum atomic E-state index is 6.53. The number of furan rings is 1. The van der Waals surface area contributed by atoms with Gasteiger partial charge in [0.1, 0.15) is 11.2 Å². The molecule has 0 bridgehead atoms. The number of hydrogen-bond acceptors (Lipinski definition) is 5. The molecule has 3 aromatic heterocycles. The van der Waals surface area contributed by atoms with Gasteiger partial charge in [0.25, 0.3) is 0 Å². The fourth-order valence-corrected chi connectivity index (χ4v) is 8.88. The lowest BCUT2D eigenvalue weighted by Gasteiger charge is -2.10. The van der Waals surface area contributed by atoms with Crippen LogP contribution in [0.2, 0.25) is 0 Å². The minimum atomic E-state index is 0.653. The molecule has 3 heterocycles. The van der Waals surface area contributed by atoms with Crippen LogP contribution in [0.3, 0.4) is 0 Å². The topological polar surface area (TPSA) is 51.8 Å². The predicted octanol–water partition coefficient (Wildman–Crippen LogP) is 14.1. The molecule has 0 N–H and O–H groups in total. The van der Waals surface area contributed by atoms with Crippen LogP contribution in [0.5, 0.6) is 0 Å². The van der Waals surface area contributed by atoms with Gasteiger partial charge < -0.3 is 4.42 Å². The smallest absolute Gasteiger partial charge is 0.164 e. The summed E-state index contributed by atoms with van der Waals surface area (Å²) in [6.07, 6.45) is 0. The van der Waals surface area contributed by atoms with E-state index >= 15 is 0 Å². The predicted molar refractivity (Wildman–Crippen MR) is 233 cm³/mol. The highest BCUT2D eigenvalue weighted by atomic mass is 32.1. The lowest BCUT2D eigenvalue weighted by atomic mass is 9.93. The number of aromatic nitrogens is 3. The molecule has 0 atom stereocenters. The third-order valence-electron chi connectivity index (χ3n) is 10.5. The van der Waals surface area contributed by atoms with Crippen LogP contribution in [0.15, 0.2) is 192 Å². The fraction of sp³-hybridized carbons (Fsp3) is 0. The number of nitrogens with zero attached hydrogens (tertiary/aromatic N) is 3. The Morgan fingerprint density at radius 1 is 0.321 bits per heavy atom. The summed E-state index contributed by atoms with van der Waals surface area (Å²) in [7, 11) is 0. The van der Waals surface area contributed by atoms with Crippen LogP contribution in [0, 0.1) is 0 Å². The van der Waals surface area contributed by atoms with Crippen LogP contribution in [0.4, 0.5) is 0 Å². The van der Waals surface area contributed by atoms with E-state index in [1.165, 1.54) is 31.3 Å².